The maximum atomic E-state index is 13.6. The van der Waals surface area contributed by atoms with E-state index in [2.05, 4.69) is 15.9 Å². The number of halogens is 2. The van der Waals surface area contributed by atoms with E-state index in [1.165, 1.54) is 6.07 Å². The highest BCUT2D eigenvalue weighted by molar-refractivity contribution is 9.10. The molecule has 0 aliphatic rings. The second-order valence-corrected chi connectivity index (χ2v) is 5.46. The number of aryl methyl sites for hydroxylation is 1. The number of aliphatic hydroxyl groups is 1. The Morgan fingerprint density at radius 3 is 2.17 bits per heavy atom. The molecule has 2 rings (SSSR count). The molecule has 0 aliphatic heterocycles. The molecule has 2 aromatic carbocycles. The maximum absolute atomic E-state index is 13.6. The summed E-state index contributed by atoms with van der Waals surface area (Å²) in [5.74, 6) is -0.301. The van der Waals surface area contributed by atoms with E-state index in [4.69, 9.17) is 0 Å². The first-order valence-electron chi connectivity index (χ1n) is 5.66. The van der Waals surface area contributed by atoms with Crippen molar-refractivity contribution in [2.45, 2.75) is 19.4 Å². The molecule has 0 bridgehead atoms. The molecular formula is C15H14BrFO. The lowest BCUT2D eigenvalue weighted by Gasteiger charge is -2.25. The van der Waals surface area contributed by atoms with Crippen LogP contribution in [0.15, 0.2) is 46.9 Å². The highest BCUT2D eigenvalue weighted by Gasteiger charge is 2.26. The van der Waals surface area contributed by atoms with E-state index in [1.807, 2.05) is 24.3 Å². The second-order valence-electron chi connectivity index (χ2n) is 4.54. The van der Waals surface area contributed by atoms with Gasteiger partial charge in [-0.25, -0.2) is 4.39 Å². The Balaban J connectivity index is 2.46. The summed E-state index contributed by atoms with van der Waals surface area (Å²) < 4.78 is 14.5. The van der Waals surface area contributed by atoms with E-state index in [1.54, 1.807) is 26.0 Å². The summed E-state index contributed by atoms with van der Waals surface area (Å²) in [7, 11) is 0. The Hall–Kier alpha value is -1.19. The van der Waals surface area contributed by atoms with Crippen LogP contribution in [0.1, 0.15) is 23.6 Å². The van der Waals surface area contributed by atoms with Crippen LogP contribution in [0, 0.1) is 12.7 Å². The van der Waals surface area contributed by atoms with Crippen molar-refractivity contribution in [3.8, 4) is 0 Å². The Labute approximate surface area is 114 Å². The first kappa shape index (κ1) is 13.2. The predicted octanol–water partition coefficient (Wildman–Crippen LogP) is 4.15. The number of hydrogen-bond acceptors (Lipinski definition) is 1. The van der Waals surface area contributed by atoms with E-state index in [-0.39, 0.29) is 5.82 Å². The van der Waals surface area contributed by atoms with Crippen LogP contribution in [0.3, 0.4) is 0 Å². The molecule has 0 saturated carbocycles. The van der Waals surface area contributed by atoms with E-state index in [0.29, 0.717) is 11.1 Å². The Kier molecular flexibility index (Phi) is 3.55. The van der Waals surface area contributed by atoms with Gasteiger partial charge in [-0.2, -0.15) is 0 Å². The molecule has 0 amide bonds. The minimum Gasteiger partial charge on any atom is -0.381 e. The van der Waals surface area contributed by atoms with Crippen LogP contribution in [-0.2, 0) is 5.60 Å². The number of hydrogen-bond donors (Lipinski definition) is 1. The van der Waals surface area contributed by atoms with Gasteiger partial charge in [0.05, 0.1) is 0 Å². The monoisotopic (exact) mass is 308 g/mol. The Morgan fingerprint density at radius 2 is 1.61 bits per heavy atom. The van der Waals surface area contributed by atoms with Crippen molar-refractivity contribution in [3.63, 3.8) is 0 Å². The maximum Gasteiger partial charge on any atom is 0.126 e. The van der Waals surface area contributed by atoms with Gasteiger partial charge in [0.2, 0.25) is 0 Å². The van der Waals surface area contributed by atoms with Crippen LogP contribution in [-0.4, -0.2) is 5.11 Å². The largest absolute Gasteiger partial charge is 0.381 e. The summed E-state index contributed by atoms with van der Waals surface area (Å²) in [6.45, 7) is 3.37. The minimum absolute atomic E-state index is 0.301. The lowest BCUT2D eigenvalue weighted by atomic mass is 9.88. The molecule has 1 atom stereocenters. The SMILES string of the molecule is Cc1ccc(C(C)(O)c2ccc(Br)cc2)cc1F. The smallest absolute Gasteiger partial charge is 0.126 e. The molecule has 0 radical (unpaired) electrons. The second kappa shape index (κ2) is 4.82. The lowest BCUT2D eigenvalue weighted by Crippen LogP contribution is -2.22. The quantitative estimate of drug-likeness (QED) is 0.883. The highest BCUT2D eigenvalue weighted by atomic mass is 79.9. The molecule has 0 spiro atoms. The van der Waals surface area contributed by atoms with Gasteiger partial charge >= 0.3 is 0 Å². The van der Waals surface area contributed by atoms with Crippen LogP contribution >= 0.6 is 15.9 Å². The normalized spacial score (nSPS) is 14.3. The summed E-state index contributed by atoms with van der Waals surface area (Å²) in [4.78, 5) is 0. The van der Waals surface area contributed by atoms with Crippen molar-refractivity contribution in [2.75, 3.05) is 0 Å². The average molecular weight is 309 g/mol. The third kappa shape index (κ3) is 2.47. The zero-order valence-electron chi connectivity index (χ0n) is 10.2. The van der Waals surface area contributed by atoms with Crippen molar-refractivity contribution >= 4 is 15.9 Å². The zero-order chi connectivity index (χ0) is 13.3. The molecule has 0 aromatic heterocycles. The van der Waals surface area contributed by atoms with Crippen molar-refractivity contribution in [1.82, 2.24) is 0 Å². The van der Waals surface area contributed by atoms with Gasteiger partial charge in [-0.05, 0) is 48.7 Å². The third-order valence-corrected chi connectivity index (χ3v) is 3.67. The molecule has 1 unspecified atom stereocenters. The highest BCUT2D eigenvalue weighted by Crippen LogP contribution is 2.30. The molecule has 0 fully saturated rings. The first-order valence-corrected chi connectivity index (χ1v) is 6.45. The van der Waals surface area contributed by atoms with Crippen molar-refractivity contribution in [3.05, 3.63) is 69.4 Å². The minimum atomic E-state index is -1.20. The molecule has 2 aromatic rings. The summed E-state index contributed by atoms with van der Waals surface area (Å²) in [6, 6.07) is 12.2. The topological polar surface area (TPSA) is 20.2 Å². The Bertz CT molecular complexity index is 561. The summed E-state index contributed by atoms with van der Waals surface area (Å²) >= 11 is 3.35. The fraction of sp³-hybridized carbons (Fsp3) is 0.200. The molecule has 0 aliphatic carbocycles. The van der Waals surface area contributed by atoms with Gasteiger partial charge in [0.15, 0.2) is 0 Å². The average Bonchev–Trinajstić information content (AvgIpc) is 2.33. The third-order valence-electron chi connectivity index (χ3n) is 3.14. The van der Waals surface area contributed by atoms with Crippen LogP contribution in [0.4, 0.5) is 4.39 Å². The van der Waals surface area contributed by atoms with Crippen LogP contribution in [0.5, 0.6) is 0 Å². The summed E-state index contributed by atoms with van der Waals surface area (Å²) in [5.41, 5.74) is 0.655. The van der Waals surface area contributed by atoms with Crippen molar-refractivity contribution in [2.24, 2.45) is 0 Å². The van der Waals surface area contributed by atoms with Gasteiger partial charge in [0.1, 0.15) is 11.4 Å². The van der Waals surface area contributed by atoms with Gasteiger partial charge in [-0.1, -0.05) is 40.2 Å². The molecule has 3 heteroatoms. The first-order chi connectivity index (χ1) is 8.41. The predicted molar refractivity (Wildman–Crippen MR) is 74.0 cm³/mol. The van der Waals surface area contributed by atoms with Gasteiger partial charge < -0.3 is 5.11 Å². The fourth-order valence-corrected chi connectivity index (χ4v) is 2.10. The molecular weight excluding hydrogens is 295 g/mol. The van der Waals surface area contributed by atoms with Gasteiger partial charge in [0.25, 0.3) is 0 Å². The lowest BCUT2D eigenvalue weighted by molar-refractivity contribution is 0.102. The van der Waals surface area contributed by atoms with Crippen molar-refractivity contribution < 1.29 is 9.50 Å². The van der Waals surface area contributed by atoms with E-state index < -0.39 is 5.60 Å². The molecule has 18 heavy (non-hydrogen) atoms. The summed E-state index contributed by atoms with van der Waals surface area (Å²) in [5, 5.41) is 10.6. The molecule has 0 heterocycles. The standard InChI is InChI=1S/C15H14BrFO/c1-10-3-4-12(9-14(10)17)15(2,18)11-5-7-13(16)8-6-11/h3-9,18H,1-2H3. The van der Waals surface area contributed by atoms with E-state index in [9.17, 15) is 9.50 Å². The number of benzene rings is 2. The summed E-state index contributed by atoms with van der Waals surface area (Å²) in [6.07, 6.45) is 0. The molecule has 1 N–H and O–H groups in total. The molecule has 1 nitrogen and oxygen atoms in total. The van der Waals surface area contributed by atoms with Crippen LogP contribution in [0.25, 0.3) is 0 Å². The van der Waals surface area contributed by atoms with Gasteiger partial charge in [-0.15, -0.1) is 0 Å². The van der Waals surface area contributed by atoms with Crippen LogP contribution < -0.4 is 0 Å². The zero-order valence-corrected chi connectivity index (χ0v) is 11.8. The number of rotatable bonds is 2. The molecule has 0 saturated heterocycles. The van der Waals surface area contributed by atoms with Crippen LogP contribution in [0.2, 0.25) is 0 Å². The van der Waals surface area contributed by atoms with E-state index >= 15 is 0 Å². The van der Waals surface area contributed by atoms with Crippen molar-refractivity contribution in [1.29, 1.82) is 0 Å². The fourth-order valence-electron chi connectivity index (χ4n) is 1.84. The van der Waals surface area contributed by atoms with E-state index in [0.717, 1.165) is 10.0 Å². The Morgan fingerprint density at radius 1 is 1.06 bits per heavy atom. The molecule has 94 valence electrons. The van der Waals surface area contributed by atoms with Gasteiger partial charge in [-0.3, -0.25) is 0 Å². The van der Waals surface area contributed by atoms with Gasteiger partial charge in [0, 0.05) is 4.47 Å².